The van der Waals surface area contributed by atoms with E-state index in [1.807, 2.05) is 16.0 Å². The monoisotopic (exact) mass is 563 g/mol. The molecule has 7 nitrogen and oxygen atoms in total. The number of piperidine rings is 1. The van der Waals surface area contributed by atoms with Gasteiger partial charge in [-0.1, -0.05) is 51.1 Å². The lowest BCUT2D eigenvalue weighted by molar-refractivity contribution is 0.0879. The third-order valence-electron chi connectivity index (χ3n) is 9.52. The fourth-order valence-corrected chi connectivity index (χ4v) is 7.36. The zero-order valence-electron chi connectivity index (χ0n) is 25.3. The Hall–Kier alpha value is -2.26. The third-order valence-corrected chi connectivity index (χ3v) is 14.1. The van der Waals surface area contributed by atoms with Gasteiger partial charge in [0.25, 0.3) is 0 Å². The van der Waals surface area contributed by atoms with Crippen molar-refractivity contribution in [3.63, 3.8) is 0 Å². The van der Waals surface area contributed by atoms with E-state index in [0.29, 0.717) is 19.0 Å². The van der Waals surface area contributed by atoms with Crippen LogP contribution in [0.2, 0.25) is 18.1 Å². The van der Waals surface area contributed by atoms with Crippen LogP contribution in [0.3, 0.4) is 0 Å². The van der Waals surface area contributed by atoms with Gasteiger partial charge in [-0.05, 0) is 73.2 Å². The van der Waals surface area contributed by atoms with Gasteiger partial charge in [0, 0.05) is 63.6 Å². The molecule has 1 unspecified atom stereocenters. The van der Waals surface area contributed by atoms with E-state index in [9.17, 15) is 4.79 Å². The molecule has 0 bridgehead atoms. The summed E-state index contributed by atoms with van der Waals surface area (Å²) in [6, 6.07) is 13.2. The van der Waals surface area contributed by atoms with Crippen molar-refractivity contribution in [2.45, 2.75) is 83.3 Å². The minimum Gasteiger partial charge on any atom is -0.411 e. The van der Waals surface area contributed by atoms with E-state index in [0.717, 1.165) is 70.6 Å². The first-order valence-electron chi connectivity index (χ1n) is 15.3. The smallest absolute Gasteiger partial charge is 0.320 e. The van der Waals surface area contributed by atoms with Gasteiger partial charge in [-0.25, -0.2) is 4.79 Å². The normalized spacial score (nSPS) is 20.2. The Morgan fingerprint density at radius 2 is 1.73 bits per heavy atom. The molecule has 2 saturated heterocycles. The molecule has 2 fully saturated rings. The predicted molar refractivity (Wildman–Crippen MR) is 164 cm³/mol. The van der Waals surface area contributed by atoms with Crippen molar-refractivity contribution >= 4 is 14.3 Å². The molecule has 0 spiro atoms. The maximum atomic E-state index is 13.5. The number of pyridine rings is 1. The number of hydrogen-bond acceptors (Lipinski definition) is 5. The molecule has 1 aromatic heterocycles. The minimum atomic E-state index is -2.01. The maximum Gasteiger partial charge on any atom is 0.320 e. The first-order chi connectivity index (χ1) is 19.1. The number of amides is 2. The summed E-state index contributed by atoms with van der Waals surface area (Å²) in [4.78, 5) is 24.8. The second-order valence-electron chi connectivity index (χ2n) is 13.5. The van der Waals surface area contributed by atoms with Gasteiger partial charge in [-0.2, -0.15) is 0 Å². The fourth-order valence-electron chi connectivity index (χ4n) is 6.03. The van der Waals surface area contributed by atoms with E-state index in [-0.39, 0.29) is 17.2 Å². The molecule has 218 valence electrons. The number of rotatable bonds is 9. The van der Waals surface area contributed by atoms with Gasteiger partial charge in [0.2, 0.25) is 0 Å². The lowest BCUT2D eigenvalue weighted by atomic mass is 9.94. The SMILES string of the molecule is CC(C)(C)[Si](C)(C)OC(CN1CCc2ccccc2C1)CN1CCN(Cc2ccc(C3CCNCC3)nc2)C1=O. The van der Waals surface area contributed by atoms with Crippen molar-refractivity contribution < 1.29 is 9.22 Å². The van der Waals surface area contributed by atoms with E-state index in [2.05, 4.69) is 80.5 Å². The highest BCUT2D eigenvalue weighted by Crippen LogP contribution is 2.38. The van der Waals surface area contributed by atoms with E-state index >= 15 is 0 Å². The highest BCUT2D eigenvalue weighted by molar-refractivity contribution is 6.74. The summed E-state index contributed by atoms with van der Waals surface area (Å²) in [6.45, 7) is 19.3. The molecule has 2 amide bonds. The average molecular weight is 564 g/mol. The van der Waals surface area contributed by atoms with Crippen LogP contribution in [-0.4, -0.2) is 85.9 Å². The van der Waals surface area contributed by atoms with Crippen molar-refractivity contribution in [1.82, 2.24) is 25.0 Å². The molecule has 1 atom stereocenters. The van der Waals surface area contributed by atoms with Crippen LogP contribution in [0.5, 0.6) is 0 Å². The van der Waals surface area contributed by atoms with Gasteiger partial charge >= 0.3 is 6.03 Å². The van der Waals surface area contributed by atoms with Crippen LogP contribution in [0.4, 0.5) is 4.79 Å². The molecule has 3 aliphatic rings. The molecule has 5 rings (SSSR count). The third kappa shape index (κ3) is 6.96. The number of urea groups is 1. The molecular formula is C32H49N5O2Si. The summed E-state index contributed by atoms with van der Waals surface area (Å²) < 4.78 is 7.00. The molecule has 0 radical (unpaired) electrons. The number of hydrogen-bond donors (Lipinski definition) is 1. The van der Waals surface area contributed by atoms with E-state index in [4.69, 9.17) is 9.41 Å². The van der Waals surface area contributed by atoms with Gasteiger partial charge in [0.1, 0.15) is 0 Å². The van der Waals surface area contributed by atoms with Crippen LogP contribution in [0, 0.1) is 0 Å². The van der Waals surface area contributed by atoms with Crippen molar-refractivity contribution in [3.05, 3.63) is 65.0 Å². The average Bonchev–Trinajstić information content (AvgIpc) is 3.27. The van der Waals surface area contributed by atoms with Gasteiger partial charge in [-0.3, -0.25) is 9.88 Å². The molecule has 1 N–H and O–H groups in total. The minimum absolute atomic E-state index is 0.000914. The lowest BCUT2D eigenvalue weighted by Gasteiger charge is -2.42. The number of aromatic nitrogens is 1. The molecule has 0 saturated carbocycles. The Morgan fingerprint density at radius 3 is 2.42 bits per heavy atom. The Labute approximate surface area is 242 Å². The predicted octanol–water partition coefficient (Wildman–Crippen LogP) is 5.23. The number of nitrogens with one attached hydrogen (secondary N) is 1. The van der Waals surface area contributed by atoms with Gasteiger partial charge < -0.3 is 19.5 Å². The molecule has 0 aliphatic carbocycles. The molecule has 8 heteroatoms. The quantitative estimate of drug-likeness (QED) is 0.423. The highest BCUT2D eigenvalue weighted by Gasteiger charge is 2.41. The Kier molecular flexibility index (Phi) is 9.00. The number of fused-ring (bicyclic) bond motifs is 1. The second kappa shape index (κ2) is 12.3. The number of carbonyl (C=O) groups is 1. The largest absolute Gasteiger partial charge is 0.411 e. The summed E-state index contributed by atoms with van der Waals surface area (Å²) in [5, 5.41) is 3.55. The fraction of sp³-hybridized carbons (Fsp3) is 0.625. The van der Waals surface area contributed by atoms with Crippen LogP contribution in [0.1, 0.15) is 61.9 Å². The van der Waals surface area contributed by atoms with Crippen LogP contribution < -0.4 is 5.32 Å². The van der Waals surface area contributed by atoms with Gasteiger partial charge in [-0.15, -0.1) is 0 Å². The summed E-state index contributed by atoms with van der Waals surface area (Å²) in [5.74, 6) is 0.547. The molecular weight excluding hydrogens is 514 g/mol. The summed E-state index contributed by atoms with van der Waals surface area (Å²) in [5.41, 5.74) is 5.17. The van der Waals surface area contributed by atoms with E-state index in [1.54, 1.807) is 0 Å². The zero-order valence-corrected chi connectivity index (χ0v) is 26.3. The summed E-state index contributed by atoms with van der Waals surface area (Å²) in [7, 11) is -2.01. The Balaban J connectivity index is 1.22. The van der Waals surface area contributed by atoms with Crippen LogP contribution >= 0.6 is 0 Å². The van der Waals surface area contributed by atoms with E-state index in [1.165, 1.54) is 16.8 Å². The first-order valence-corrected chi connectivity index (χ1v) is 18.2. The van der Waals surface area contributed by atoms with Gasteiger partial charge in [0.05, 0.1) is 6.10 Å². The first kappa shape index (κ1) is 29.2. The summed E-state index contributed by atoms with van der Waals surface area (Å²) >= 11 is 0. The van der Waals surface area contributed by atoms with Crippen LogP contribution in [0.15, 0.2) is 42.6 Å². The zero-order chi connectivity index (χ0) is 28.3. The van der Waals surface area contributed by atoms with Crippen molar-refractivity contribution in [1.29, 1.82) is 0 Å². The van der Waals surface area contributed by atoms with Crippen LogP contribution in [-0.2, 0) is 23.9 Å². The molecule has 3 aliphatic heterocycles. The molecule has 2 aromatic rings. The topological polar surface area (TPSA) is 60.9 Å². The summed E-state index contributed by atoms with van der Waals surface area (Å²) in [6.07, 6.45) is 5.34. The number of nitrogens with zero attached hydrogens (tertiary/aromatic N) is 4. The molecule has 1 aromatic carbocycles. The van der Waals surface area contributed by atoms with Gasteiger partial charge in [0.15, 0.2) is 8.32 Å². The molecule has 4 heterocycles. The van der Waals surface area contributed by atoms with Crippen molar-refractivity contribution in [3.8, 4) is 0 Å². The van der Waals surface area contributed by atoms with Crippen molar-refractivity contribution in [2.24, 2.45) is 0 Å². The number of carbonyl (C=O) groups excluding carboxylic acids is 1. The van der Waals surface area contributed by atoms with Crippen LogP contribution in [0.25, 0.3) is 0 Å². The Bertz CT molecular complexity index is 1140. The number of benzene rings is 1. The highest BCUT2D eigenvalue weighted by atomic mass is 28.4. The van der Waals surface area contributed by atoms with Crippen molar-refractivity contribution in [2.75, 3.05) is 45.8 Å². The maximum absolute atomic E-state index is 13.5. The Morgan fingerprint density at radius 1 is 1.00 bits per heavy atom. The lowest BCUT2D eigenvalue weighted by Crippen LogP contribution is -2.51. The molecule has 40 heavy (non-hydrogen) atoms. The van der Waals surface area contributed by atoms with E-state index < -0.39 is 8.32 Å². The standard InChI is InChI=1S/C32H49N5O2Si/c1-32(2,3)40(4,5)39-29(23-35-17-14-26-8-6-7-9-28(26)22-35)24-37-19-18-36(31(37)38)21-25-10-11-30(34-20-25)27-12-15-33-16-13-27/h6-11,20,27,29,33H,12-19,21-24H2,1-5H3. The second-order valence-corrected chi connectivity index (χ2v) is 18.3.